The molecule has 0 saturated carbocycles. The van der Waals surface area contributed by atoms with Crippen molar-refractivity contribution in [2.45, 2.75) is 6.92 Å². The van der Waals surface area contributed by atoms with Gasteiger partial charge in [0.25, 0.3) is 5.91 Å². The number of allylic oxidation sites excluding steroid dienone is 2. The zero-order chi connectivity index (χ0) is 11.3. The summed E-state index contributed by atoms with van der Waals surface area (Å²) in [6, 6.07) is 6.56. The summed E-state index contributed by atoms with van der Waals surface area (Å²) < 4.78 is 0. The van der Waals surface area contributed by atoms with E-state index in [0.717, 1.165) is 0 Å². The summed E-state index contributed by atoms with van der Waals surface area (Å²) in [4.78, 5) is 22.6. The lowest BCUT2D eigenvalue weighted by Gasteiger charge is -2.00. The number of amides is 1. The second-order valence-electron chi connectivity index (χ2n) is 3.02. The number of nitrogens with one attached hydrogen (secondary N) is 1. The van der Waals surface area contributed by atoms with Crippen molar-refractivity contribution in [3.63, 3.8) is 0 Å². The molecule has 0 bridgehead atoms. The predicted molar refractivity (Wildman–Crippen MR) is 59.0 cm³/mol. The maximum atomic E-state index is 11.4. The van der Waals surface area contributed by atoms with Crippen LogP contribution in [0.25, 0.3) is 0 Å². The van der Waals surface area contributed by atoms with E-state index < -0.39 is 0 Å². The van der Waals surface area contributed by atoms with Gasteiger partial charge in [-0.2, -0.15) is 0 Å². The third kappa shape index (κ3) is 2.77. The number of ketones is 1. The molecular formula is C12H13NO2. The van der Waals surface area contributed by atoms with Crippen LogP contribution in [0.2, 0.25) is 0 Å². The van der Waals surface area contributed by atoms with Gasteiger partial charge >= 0.3 is 0 Å². The fourth-order valence-corrected chi connectivity index (χ4v) is 1.18. The quantitative estimate of drug-likeness (QED) is 0.601. The van der Waals surface area contributed by atoms with E-state index in [1.807, 2.05) is 0 Å². The molecule has 0 aliphatic rings. The van der Waals surface area contributed by atoms with E-state index in [1.54, 1.807) is 44.3 Å². The Balaban J connectivity index is 2.90. The van der Waals surface area contributed by atoms with Crippen molar-refractivity contribution < 1.29 is 9.59 Å². The molecule has 1 N–H and O–H groups in total. The van der Waals surface area contributed by atoms with Gasteiger partial charge in [0.05, 0.1) is 0 Å². The van der Waals surface area contributed by atoms with Crippen LogP contribution < -0.4 is 5.32 Å². The first-order chi connectivity index (χ1) is 7.19. The highest BCUT2D eigenvalue weighted by atomic mass is 16.1. The number of rotatable bonds is 3. The second-order valence-corrected chi connectivity index (χ2v) is 3.02. The van der Waals surface area contributed by atoms with E-state index in [2.05, 4.69) is 5.32 Å². The second kappa shape index (κ2) is 5.10. The minimum atomic E-state index is -0.153. The monoisotopic (exact) mass is 203 g/mol. The predicted octanol–water partition coefficient (Wildman–Crippen LogP) is 1.81. The zero-order valence-corrected chi connectivity index (χ0v) is 8.78. The van der Waals surface area contributed by atoms with Gasteiger partial charge in [0, 0.05) is 18.2 Å². The van der Waals surface area contributed by atoms with Crippen LogP contribution in [0.1, 0.15) is 27.6 Å². The number of carbonyl (C=O) groups excluding carboxylic acids is 2. The number of hydrogen-bond donors (Lipinski definition) is 1. The minimum Gasteiger partial charge on any atom is -0.355 e. The van der Waals surface area contributed by atoms with E-state index in [9.17, 15) is 9.59 Å². The Labute approximate surface area is 88.8 Å². The molecule has 1 aromatic carbocycles. The van der Waals surface area contributed by atoms with E-state index in [-0.39, 0.29) is 11.7 Å². The molecule has 0 aromatic heterocycles. The van der Waals surface area contributed by atoms with Crippen molar-refractivity contribution in [3.8, 4) is 0 Å². The van der Waals surface area contributed by atoms with Crippen molar-refractivity contribution in [1.82, 2.24) is 5.32 Å². The maximum absolute atomic E-state index is 11.4. The van der Waals surface area contributed by atoms with Gasteiger partial charge in [0.1, 0.15) is 0 Å². The van der Waals surface area contributed by atoms with Gasteiger partial charge < -0.3 is 5.32 Å². The van der Waals surface area contributed by atoms with Crippen LogP contribution in [-0.2, 0) is 0 Å². The lowest BCUT2D eigenvalue weighted by Crippen LogP contribution is -2.17. The third-order valence-electron chi connectivity index (χ3n) is 1.98. The van der Waals surface area contributed by atoms with Crippen LogP contribution in [0, 0.1) is 0 Å². The summed E-state index contributed by atoms with van der Waals surface area (Å²) in [5, 5.41) is 2.52. The molecule has 0 spiro atoms. The SMILES string of the molecule is C/C=C/C(=O)c1ccc(C(=O)NC)cc1. The highest BCUT2D eigenvalue weighted by Crippen LogP contribution is 2.05. The smallest absolute Gasteiger partial charge is 0.251 e. The van der Waals surface area contributed by atoms with E-state index in [0.29, 0.717) is 11.1 Å². The van der Waals surface area contributed by atoms with E-state index in [4.69, 9.17) is 0 Å². The van der Waals surface area contributed by atoms with E-state index in [1.165, 1.54) is 6.08 Å². The molecule has 0 heterocycles. The molecule has 0 atom stereocenters. The molecule has 1 aromatic rings. The molecule has 3 nitrogen and oxygen atoms in total. The highest BCUT2D eigenvalue weighted by molar-refractivity contribution is 6.05. The van der Waals surface area contributed by atoms with Crippen LogP contribution in [0.15, 0.2) is 36.4 Å². The van der Waals surface area contributed by atoms with Gasteiger partial charge in [-0.25, -0.2) is 0 Å². The molecule has 15 heavy (non-hydrogen) atoms. The van der Waals surface area contributed by atoms with Gasteiger partial charge in [-0.3, -0.25) is 9.59 Å². The first kappa shape index (κ1) is 11.2. The van der Waals surface area contributed by atoms with Crippen LogP contribution >= 0.6 is 0 Å². The summed E-state index contributed by atoms with van der Waals surface area (Å²) in [5.74, 6) is -0.207. The van der Waals surface area contributed by atoms with Crippen molar-refractivity contribution in [2.75, 3.05) is 7.05 Å². The Bertz CT molecular complexity index is 391. The van der Waals surface area contributed by atoms with Crippen LogP contribution in [0.3, 0.4) is 0 Å². The van der Waals surface area contributed by atoms with Crippen molar-refractivity contribution in [3.05, 3.63) is 47.5 Å². The van der Waals surface area contributed by atoms with Gasteiger partial charge in [-0.05, 0) is 25.1 Å². The summed E-state index contributed by atoms with van der Waals surface area (Å²) >= 11 is 0. The molecule has 78 valence electrons. The molecule has 0 radical (unpaired) electrons. The summed E-state index contributed by atoms with van der Waals surface area (Å²) in [7, 11) is 1.57. The molecule has 0 saturated heterocycles. The van der Waals surface area contributed by atoms with Gasteiger partial charge in [-0.15, -0.1) is 0 Å². The van der Waals surface area contributed by atoms with Crippen molar-refractivity contribution in [2.24, 2.45) is 0 Å². The topological polar surface area (TPSA) is 46.2 Å². The summed E-state index contributed by atoms with van der Waals surface area (Å²) in [5.41, 5.74) is 1.13. The Morgan fingerprint density at radius 1 is 1.13 bits per heavy atom. The number of hydrogen-bond acceptors (Lipinski definition) is 2. The molecule has 0 unspecified atom stereocenters. The molecule has 0 aliphatic heterocycles. The third-order valence-corrected chi connectivity index (χ3v) is 1.98. The van der Waals surface area contributed by atoms with Crippen LogP contribution in [0.4, 0.5) is 0 Å². The fourth-order valence-electron chi connectivity index (χ4n) is 1.18. The Morgan fingerprint density at radius 2 is 1.67 bits per heavy atom. The number of benzene rings is 1. The Hall–Kier alpha value is -1.90. The molecule has 1 amide bonds. The van der Waals surface area contributed by atoms with E-state index >= 15 is 0 Å². The largest absolute Gasteiger partial charge is 0.355 e. The highest BCUT2D eigenvalue weighted by Gasteiger charge is 2.04. The standard InChI is InChI=1S/C12H13NO2/c1-3-4-11(14)9-5-7-10(8-6-9)12(15)13-2/h3-8H,1-2H3,(H,13,15)/b4-3+. The molecule has 3 heteroatoms. The first-order valence-corrected chi connectivity index (χ1v) is 4.68. The summed E-state index contributed by atoms with van der Waals surface area (Å²) in [6.45, 7) is 1.79. The minimum absolute atomic E-state index is 0.0547. The van der Waals surface area contributed by atoms with Crippen molar-refractivity contribution >= 4 is 11.7 Å². The number of carbonyl (C=O) groups is 2. The molecule has 0 aliphatic carbocycles. The molecule has 0 fully saturated rings. The zero-order valence-electron chi connectivity index (χ0n) is 8.78. The van der Waals surface area contributed by atoms with Crippen LogP contribution in [0.5, 0.6) is 0 Å². The van der Waals surface area contributed by atoms with Crippen molar-refractivity contribution in [1.29, 1.82) is 0 Å². The maximum Gasteiger partial charge on any atom is 0.251 e. The van der Waals surface area contributed by atoms with Crippen LogP contribution in [-0.4, -0.2) is 18.7 Å². The average Bonchev–Trinajstić information content (AvgIpc) is 2.28. The molecule has 1 rings (SSSR count). The first-order valence-electron chi connectivity index (χ1n) is 4.68. The molecular weight excluding hydrogens is 190 g/mol. The fraction of sp³-hybridized carbons (Fsp3) is 0.167. The van der Waals surface area contributed by atoms with Gasteiger partial charge in [0.15, 0.2) is 5.78 Å². The summed E-state index contributed by atoms with van der Waals surface area (Å²) in [6.07, 6.45) is 3.18. The van der Waals surface area contributed by atoms with Gasteiger partial charge in [0.2, 0.25) is 0 Å². The lowest BCUT2D eigenvalue weighted by atomic mass is 10.1. The Morgan fingerprint density at radius 3 is 2.13 bits per heavy atom. The Kier molecular flexibility index (Phi) is 3.80. The normalized spacial score (nSPS) is 10.3. The lowest BCUT2D eigenvalue weighted by molar-refractivity contribution is 0.0961. The average molecular weight is 203 g/mol. The van der Waals surface area contributed by atoms with Gasteiger partial charge in [-0.1, -0.05) is 18.2 Å².